The highest BCUT2D eigenvalue weighted by atomic mass is 15.0. The van der Waals surface area contributed by atoms with Gasteiger partial charge in [-0.3, -0.25) is 0 Å². The molecule has 2 heterocycles. The second kappa shape index (κ2) is 3.39. The predicted molar refractivity (Wildman–Crippen MR) is 74.9 cm³/mol. The summed E-state index contributed by atoms with van der Waals surface area (Å²) in [5.74, 6) is 0.681. The molecule has 2 aromatic rings. The summed E-state index contributed by atoms with van der Waals surface area (Å²) in [7, 11) is 0. The maximum Gasteiger partial charge on any atom is 0.0459 e. The van der Waals surface area contributed by atoms with E-state index in [4.69, 9.17) is 0 Å². The fourth-order valence-corrected chi connectivity index (χ4v) is 3.89. The number of H-pyrrole nitrogens is 1. The van der Waals surface area contributed by atoms with Gasteiger partial charge in [0.1, 0.15) is 0 Å². The van der Waals surface area contributed by atoms with Crippen LogP contribution < -0.4 is 5.32 Å². The molecule has 18 heavy (non-hydrogen) atoms. The molecule has 2 aliphatic rings. The zero-order chi connectivity index (χ0) is 12.3. The molecule has 2 N–H and O–H groups in total. The van der Waals surface area contributed by atoms with Crippen LogP contribution in [0.2, 0.25) is 0 Å². The summed E-state index contributed by atoms with van der Waals surface area (Å²) in [5.41, 5.74) is 4.77. The number of fused-ring (bicyclic) bond motifs is 2. The van der Waals surface area contributed by atoms with Crippen LogP contribution in [-0.2, 0) is 6.42 Å². The van der Waals surface area contributed by atoms with Gasteiger partial charge in [-0.25, -0.2) is 0 Å². The van der Waals surface area contributed by atoms with Gasteiger partial charge >= 0.3 is 0 Å². The van der Waals surface area contributed by atoms with E-state index in [2.05, 4.69) is 48.5 Å². The topological polar surface area (TPSA) is 27.8 Å². The average molecular weight is 240 g/mol. The van der Waals surface area contributed by atoms with E-state index in [9.17, 15) is 0 Å². The normalized spacial score (nSPS) is 29.2. The van der Waals surface area contributed by atoms with Crippen molar-refractivity contribution in [2.45, 2.75) is 38.6 Å². The van der Waals surface area contributed by atoms with Gasteiger partial charge in [0, 0.05) is 35.6 Å². The van der Waals surface area contributed by atoms with E-state index >= 15 is 0 Å². The first kappa shape index (κ1) is 10.6. The standard InChI is InChI=1S/C16H20N2/c1-16(2)7-12-11-4-3-5-13-15(11)10(8-17-13)6-14(12)18-9-16/h3-5,8,12,14,17-18H,6-7,9H2,1-2H3/t12-,14-/m1/s1. The molecule has 0 spiro atoms. The fraction of sp³-hybridized carbons (Fsp3) is 0.500. The van der Waals surface area contributed by atoms with Crippen LogP contribution in [-0.4, -0.2) is 17.6 Å². The number of piperidine rings is 1. The summed E-state index contributed by atoms with van der Waals surface area (Å²) >= 11 is 0. The predicted octanol–water partition coefficient (Wildman–Crippen LogP) is 3.20. The third kappa shape index (κ3) is 1.39. The minimum absolute atomic E-state index is 0.414. The molecule has 2 atom stereocenters. The van der Waals surface area contributed by atoms with E-state index in [1.807, 2.05) is 0 Å². The van der Waals surface area contributed by atoms with Crippen LogP contribution in [0, 0.1) is 5.41 Å². The third-order valence-electron chi connectivity index (χ3n) is 4.76. The maximum atomic E-state index is 3.77. The average Bonchev–Trinajstić information content (AvgIpc) is 2.75. The number of hydrogen-bond donors (Lipinski definition) is 2. The Labute approximate surface area is 108 Å². The van der Waals surface area contributed by atoms with Crippen molar-refractivity contribution >= 4 is 10.9 Å². The van der Waals surface area contributed by atoms with Gasteiger partial charge in [-0.2, -0.15) is 0 Å². The lowest BCUT2D eigenvalue weighted by molar-refractivity contribution is 0.191. The number of hydrogen-bond acceptors (Lipinski definition) is 1. The third-order valence-corrected chi connectivity index (χ3v) is 4.76. The molecule has 0 amide bonds. The highest BCUT2D eigenvalue weighted by molar-refractivity contribution is 5.88. The Balaban J connectivity index is 1.90. The molecular formula is C16H20N2. The number of rotatable bonds is 0. The largest absolute Gasteiger partial charge is 0.361 e. The minimum atomic E-state index is 0.414. The first-order chi connectivity index (χ1) is 8.64. The van der Waals surface area contributed by atoms with Crippen LogP contribution in [0.25, 0.3) is 10.9 Å². The summed E-state index contributed by atoms with van der Waals surface area (Å²) in [4.78, 5) is 3.42. The highest BCUT2D eigenvalue weighted by Gasteiger charge is 2.39. The van der Waals surface area contributed by atoms with E-state index in [0.29, 0.717) is 17.4 Å². The van der Waals surface area contributed by atoms with Crippen molar-refractivity contribution in [3.8, 4) is 0 Å². The van der Waals surface area contributed by atoms with E-state index < -0.39 is 0 Å². The number of aromatic nitrogens is 1. The van der Waals surface area contributed by atoms with Crippen LogP contribution >= 0.6 is 0 Å². The molecule has 1 aliphatic carbocycles. The Morgan fingerprint density at radius 1 is 1.28 bits per heavy atom. The number of benzene rings is 1. The summed E-state index contributed by atoms with van der Waals surface area (Å²) in [5, 5.41) is 5.27. The number of nitrogens with one attached hydrogen (secondary N) is 2. The molecule has 1 fully saturated rings. The molecule has 0 unspecified atom stereocenters. The zero-order valence-electron chi connectivity index (χ0n) is 11.1. The lowest BCUT2D eigenvalue weighted by Gasteiger charge is -2.44. The van der Waals surface area contributed by atoms with Crippen molar-refractivity contribution in [2.75, 3.05) is 6.54 Å². The summed E-state index contributed by atoms with van der Waals surface area (Å²) in [6.07, 6.45) is 4.68. The van der Waals surface area contributed by atoms with Gasteiger partial charge in [0.15, 0.2) is 0 Å². The zero-order valence-corrected chi connectivity index (χ0v) is 11.1. The van der Waals surface area contributed by atoms with E-state index in [1.165, 1.54) is 29.3 Å². The Bertz CT molecular complexity index is 609. The molecule has 4 rings (SSSR count). The summed E-state index contributed by atoms with van der Waals surface area (Å²) in [6, 6.07) is 7.36. The van der Waals surface area contributed by atoms with Crippen LogP contribution in [0.15, 0.2) is 24.4 Å². The molecule has 0 bridgehead atoms. The van der Waals surface area contributed by atoms with E-state index in [0.717, 1.165) is 6.54 Å². The molecule has 1 aromatic heterocycles. The van der Waals surface area contributed by atoms with Crippen LogP contribution in [0.4, 0.5) is 0 Å². The molecule has 1 saturated heterocycles. The maximum absolute atomic E-state index is 3.77. The van der Waals surface area contributed by atoms with Gasteiger partial charge in [-0.1, -0.05) is 26.0 Å². The molecule has 0 radical (unpaired) electrons. The van der Waals surface area contributed by atoms with Gasteiger partial charge in [-0.15, -0.1) is 0 Å². The Kier molecular flexibility index (Phi) is 2.00. The first-order valence-electron chi connectivity index (χ1n) is 6.96. The molecule has 2 heteroatoms. The van der Waals surface area contributed by atoms with Crippen LogP contribution in [0.5, 0.6) is 0 Å². The molecule has 94 valence electrons. The smallest absolute Gasteiger partial charge is 0.0459 e. The van der Waals surface area contributed by atoms with Crippen LogP contribution in [0.3, 0.4) is 0 Å². The fourth-order valence-electron chi connectivity index (χ4n) is 3.89. The molecule has 2 nitrogen and oxygen atoms in total. The second-order valence-electron chi connectivity index (χ2n) is 6.75. The quantitative estimate of drug-likeness (QED) is 0.727. The van der Waals surface area contributed by atoms with Crippen molar-refractivity contribution in [3.63, 3.8) is 0 Å². The van der Waals surface area contributed by atoms with E-state index in [1.54, 1.807) is 5.56 Å². The summed E-state index contributed by atoms with van der Waals surface area (Å²) in [6.45, 7) is 5.90. The Morgan fingerprint density at radius 2 is 2.17 bits per heavy atom. The lowest BCUT2D eigenvalue weighted by Crippen LogP contribution is -2.49. The van der Waals surface area contributed by atoms with Crippen molar-refractivity contribution in [1.29, 1.82) is 0 Å². The van der Waals surface area contributed by atoms with Crippen molar-refractivity contribution in [1.82, 2.24) is 10.3 Å². The van der Waals surface area contributed by atoms with Gasteiger partial charge in [0.2, 0.25) is 0 Å². The highest BCUT2D eigenvalue weighted by Crippen LogP contribution is 2.44. The number of aromatic amines is 1. The lowest BCUT2D eigenvalue weighted by atomic mass is 9.69. The van der Waals surface area contributed by atoms with Gasteiger partial charge < -0.3 is 10.3 Å². The minimum Gasteiger partial charge on any atom is -0.361 e. The molecule has 1 aromatic carbocycles. The van der Waals surface area contributed by atoms with E-state index in [-0.39, 0.29) is 0 Å². The Morgan fingerprint density at radius 3 is 3.06 bits per heavy atom. The van der Waals surface area contributed by atoms with Gasteiger partial charge in [0.05, 0.1) is 0 Å². The SMILES string of the molecule is CC1(C)CN[C@@H]2Cc3c[nH]c4cccc(c34)[C@H]2C1. The van der Waals surface area contributed by atoms with Crippen LogP contribution in [0.1, 0.15) is 37.3 Å². The van der Waals surface area contributed by atoms with Crippen molar-refractivity contribution in [3.05, 3.63) is 35.5 Å². The van der Waals surface area contributed by atoms with Crippen molar-refractivity contribution in [2.24, 2.45) is 5.41 Å². The monoisotopic (exact) mass is 240 g/mol. The molecule has 1 aliphatic heterocycles. The second-order valence-corrected chi connectivity index (χ2v) is 6.75. The first-order valence-corrected chi connectivity index (χ1v) is 6.96. The summed E-state index contributed by atoms with van der Waals surface area (Å²) < 4.78 is 0. The Hall–Kier alpha value is -1.28. The molecule has 0 saturated carbocycles. The van der Waals surface area contributed by atoms with Gasteiger partial charge in [-0.05, 0) is 35.4 Å². The molecular weight excluding hydrogens is 220 g/mol. The van der Waals surface area contributed by atoms with Gasteiger partial charge in [0.25, 0.3) is 0 Å². The van der Waals surface area contributed by atoms with Crippen molar-refractivity contribution < 1.29 is 0 Å².